The number of nitrogens with one attached hydrogen (secondary N) is 1. The number of hydrogen-bond donors (Lipinski definition) is 3. The Morgan fingerprint density at radius 2 is 1.67 bits per heavy atom. The molecule has 27 heavy (non-hydrogen) atoms. The Bertz CT molecular complexity index is 777. The smallest absolute Gasteiger partial charge is 0.416 e. The number of alkyl halides is 3. The number of hydrazine groups is 1. The highest BCUT2D eigenvalue weighted by atomic mass is 19.4. The summed E-state index contributed by atoms with van der Waals surface area (Å²) in [6, 6.07) is 12.7. The number of nitrogens with zero attached hydrogens (tertiary/aromatic N) is 1. The molecule has 0 aliphatic carbocycles. The fourth-order valence-corrected chi connectivity index (χ4v) is 2.34. The highest BCUT2D eigenvalue weighted by Crippen LogP contribution is 2.32. The highest BCUT2D eigenvalue weighted by molar-refractivity contribution is 5.67. The van der Waals surface area contributed by atoms with Crippen molar-refractivity contribution >= 4 is 11.7 Å². The molecule has 0 bridgehead atoms. The summed E-state index contributed by atoms with van der Waals surface area (Å²) in [4.78, 5) is 10.7. The Hall–Kier alpha value is -3.00. The van der Waals surface area contributed by atoms with Gasteiger partial charge in [-0.25, -0.2) is 0 Å². The molecule has 0 amide bonds. The van der Waals surface area contributed by atoms with Crippen LogP contribution in [0.25, 0.3) is 0 Å². The van der Waals surface area contributed by atoms with Crippen molar-refractivity contribution in [1.82, 2.24) is 5.43 Å². The number of aliphatic hydroxyl groups excluding tert-OH is 1. The van der Waals surface area contributed by atoms with E-state index in [9.17, 15) is 23.1 Å². The van der Waals surface area contributed by atoms with Crippen molar-refractivity contribution in [3.63, 3.8) is 0 Å². The van der Waals surface area contributed by atoms with Crippen LogP contribution in [0, 0.1) is 0 Å². The van der Waals surface area contributed by atoms with E-state index in [4.69, 9.17) is 5.11 Å². The third-order valence-electron chi connectivity index (χ3n) is 3.73. The van der Waals surface area contributed by atoms with Gasteiger partial charge < -0.3 is 15.6 Å². The quantitative estimate of drug-likeness (QED) is 0.475. The lowest BCUT2D eigenvalue weighted by Crippen LogP contribution is -2.40. The van der Waals surface area contributed by atoms with E-state index in [0.29, 0.717) is 11.3 Å². The number of rotatable bonds is 8. The standard InChI is InChI=1S/C19H19F3N2O3/c1-13(7-12-17(25)26)23-24(18(27)14-5-3-2-4-6-14)16-10-8-15(9-11-16)19(20,21)22/h2-6,8-11,18,23,27H,1,7,12H2,(H,25,26). The largest absolute Gasteiger partial charge is 0.481 e. The summed E-state index contributed by atoms with van der Waals surface area (Å²) >= 11 is 0. The normalized spacial score (nSPS) is 12.3. The van der Waals surface area contributed by atoms with Crippen LogP contribution in [0.5, 0.6) is 0 Å². The van der Waals surface area contributed by atoms with E-state index in [-0.39, 0.29) is 18.5 Å². The number of benzene rings is 2. The van der Waals surface area contributed by atoms with Crippen LogP contribution < -0.4 is 10.4 Å². The number of carboxylic acids is 1. The minimum absolute atomic E-state index is 0.0912. The highest BCUT2D eigenvalue weighted by Gasteiger charge is 2.30. The maximum Gasteiger partial charge on any atom is 0.416 e. The molecule has 0 spiro atoms. The van der Waals surface area contributed by atoms with E-state index >= 15 is 0 Å². The molecule has 0 aliphatic rings. The molecule has 2 rings (SSSR count). The van der Waals surface area contributed by atoms with Gasteiger partial charge in [0.25, 0.3) is 0 Å². The van der Waals surface area contributed by atoms with Gasteiger partial charge in [-0.3, -0.25) is 9.80 Å². The second-order valence-electron chi connectivity index (χ2n) is 5.81. The zero-order chi connectivity index (χ0) is 20.0. The van der Waals surface area contributed by atoms with Crippen LogP contribution in [-0.4, -0.2) is 16.2 Å². The zero-order valence-corrected chi connectivity index (χ0v) is 14.3. The molecule has 0 aliphatic heterocycles. The molecule has 144 valence electrons. The first-order chi connectivity index (χ1) is 12.7. The fourth-order valence-electron chi connectivity index (χ4n) is 2.34. The number of carbonyl (C=O) groups is 1. The van der Waals surface area contributed by atoms with E-state index in [1.54, 1.807) is 30.3 Å². The summed E-state index contributed by atoms with van der Waals surface area (Å²) in [6.45, 7) is 3.72. The number of carboxylic acid groups (broad SMARTS) is 1. The van der Waals surface area contributed by atoms with Crippen molar-refractivity contribution in [2.24, 2.45) is 0 Å². The summed E-state index contributed by atoms with van der Waals surface area (Å²) in [5.74, 6) is -1.01. The molecule has 2 aromatic carbocycles. The average Bonchev–Trinajstić information content (AvgIpc) is 2.64. The topological polar surface area (TPSA) is 72.8 Å². The Morgan fingerprint density at radius 1 is 1.07 bits per heavy atom. The Labute approximate surface area is 154 Å². The van der Waals surface area contributed by atoms with E-state index in [1.165, 1.54) is 17.1 Å². The first-order valence-corrected chi connectivity index (χ1v) is 8.04. The average molecular weight is 380 g/mol. The van der Waals surface area contributed by atoms with Crippen LogP contribution in [0.1, 0.15) is 30.2 Å². The van der Waals surface area contributed by atoms with Crippen LogP contribution in [0.4, 0.5) is 18.9 Å². The van der Waals surface area contributed by atoms with E-state index in [0.717, 1.165) is 12.1 Å². The Morgan fingerprint density at radius 3 is 2.19 bits per heavy atom. The summed E-state index contributed by atoms with van der Waals surface area (Å²) in [5, 5.41) is 20.7. The predicted molar refractivity (Wildman–Crippen MR) is 94.5 cm³/mol. The lowest BCUT2D eigenvalue weighted by molar-refractivity contribution is -0.138. The number of anilines is 1. The lowest BCUT2D eigenvalue weighted by Gasteiger charge is -2.32. The summed E-state index contributed by atoms with van der Waals surface area (Å²) in [7, 11) is 0. The van der Waals surface area contributed by atoms with Crippen molar-refractivity contribution in [1.29, 1.82) is 0 Å². The molecule has 0 aromatic heterocycles. The van der Waals surface area contributed by atoms with Gasteiger partial charge in [0, 0.05) is 11.3 Å². The second kappa shape index (κ2) is 8.59. The molecule has 5 nitrogen and oxygen atoms in total. The molecule has 1 unspecified atom stereocenters. The van der Waals surface area contributed by atoms with Crippen LogP contribution >= 0.6 is 0 Å². The van der Waals surface area contributed by atoms with Gasteiger partial charge in [0.15, 0.2) is 6.23 Å². The maximum absolute atomic E-state index is 12.8. The molecule has 0 fully saturated rings. The van der Waals surface area contributed by atoms with Gasteiger partial charge in [-0.15, -0.1) is 0 Å². The van der Waals surface area contributed by atoms with Crippen LogP contribution in [-0.2, 0) is 11.0 Å². The molecule has 0 saturated heterocycles. The summed E-state index contributed by atoms with van der Waals surface area (Å²) < 4.78 is 38.3. The number of aliphatic carboxylic acids is 1. The SMILES string of the molecule is C=C(CCC(=O)O)NN(c1ccc(C(F)(F)F)cc1)C(O)c1ccccc1. The molecular formula is C19H19F3N2O3. The van der Waals surface area contributed by atoms with Crippen LogP contribution in [0.2, 0.25) is 0 Å². The zero-order valence-electron chi connectivity index (χ0n) is 14.3. The molecule has 3 N–H and O–H groups in total. The minimum Gasteiger partial charge on any atom is -0.481 e. The molecule has 2 aromatic rings. The van der Waals surface area contributed by atoms with Crippen LogP contribution in [0.3, 0.4) is 0 Å². The predicted octanol–water partition coefficient (Wildman–Crippen LogP) is 4.09. The van der Waals surface area contributed by atoms with Gasteiger partial charge in [0.1, 0.15) is 0 Å². The lowest BCUT2D eigenvalue weighted by atomic mass is 10.1. The molecule has 0 heterocycles. The fraction of sp³-hybridized carbons (Fsp3) is 0.211. The van der Waals surface area contributed by atoms with Gasteiger partial charge in [0.05, 0.1) is 17.7 Å². The Balaban J connectivity index is 2.28. The van der Waals surface area contributed by atoms with Gasteiger partial charge in [-0.1, -0.05) is 36.9 Å². The minimum atomic E-state index is -4.47. The number of hydrogen-bond acceptors (Lipinski definition) is 4. The first-order valence-electron chi connectivity index (χ1n) is 8.04. The number of halogens is 3. The van der Waals surface area contributed by atoms with Crippen LogP contribution in [0.15, 0.2) is 66.9 Å². The number of aliphatic hydroxyl groups is 1. The monoisotopic (exact) mass is 380 g/mol. The summed E-state index contributed by atoms with van der Waals surface area (Å²) in [6.07, 6.45) is -5.79. The maximum atomic E-state index is 12.8. The van der Waals surface area contributed by atoms with E-state index in [1.807, 2.05) is 0 Å². The van der Waals surface area contributed by atoms with Gasteiger partial charge in [0.2, 0.25) is 0 Å². The summed E-state index contributed by atoms with van der Waals surface area (Å²) in [5.41, 5.74) is 3.03. The van der Waals surface area contributed by atoms with Crippen molar-refractivity contribution in [2.75, 3.05) is 5.01 Å². The molecule has 8 heteroatoms. The molecule has 1 atom stereocenters. The van der Waals surface area contributed by atoms with E-state index in [2.05, 4.69) is 12.0 Å². The van der Waals surface area contributed by atoms with Crippen molar-refractivity contribution in [3.8, 4) is 0 Å². The van der Waals surface area contributed by atoms with Crippen molar-refractivity contribution < 1.29 is 28.2 Å². The Kier molecular flexibility index (Phi) is 6.46. The first kappa shape index (κ1) is 20.3. The van der Waals surface area contributed by atoms with Gasteiger partial charge in [-0.05, 0) is 30.7 Å². The van der Waals surface area contributed by atoms with Crippen molar-refractivity contribution in [3.05, 3.63) is 78.0 Å². The van der Waals surface area contributed by atoms with Crippen molar-refractivity contribution in [2.45, 2.75) is 25.2 Å². The third kappa shape index (κ3) is 5.75. The molecule has 0 radical (unpaired) electrons. The van der Waals surface area contributed by atoms with Gasteiger partial charge in [-0.2, -0.15) is 13.2 Å². The van der Waals surface area contributed by atoms with E-state index < -0.39 is 23.9 Å². The second-order valence-corrected chi connectivity index (χ2v) is 5.81. The number of allylic oxidation sites excluding steroid dienone is 1. The van der Waals surface area contributed by atoms with Gasteiger partial charge >= 0.3 is 12.1 Å². The molecular weight excluding hydrogens is 361 g/mol. The third-order valence-corrected chi connectivity index (χ3v) is 3.73. The molecule has 0 saturated carbocycles.